The lowest BCUT2D eigenvalue weighted by Crippen LogP contribution is -2.39. The van der Waals surface area contributed by atoms with E-state index in [-0.39, 0.29) is 24.0 Å². The summed E-state index contributed by atoms with van der Waals surface area (Å²) < 4.78 is 17.2. The summed E-state index contributed by atoms with van der Waals surface area (Å²) in [6.07, 6.45) is 2.26. The van der Waals surface area contributed by atoms with E-state index in [0.29, 0.717) is 32.9 Å². The van der Waals surface area contributed by atoms with Gasteiger partial charge in [0.1, 0.15) is 5.75 Å². The Balaban J connectivity index is 0.00000676. The molecule has 156 valence electrons. The van der Waals surface area contributed by atoms with E-state index in [2.05, 4.69) is 38.5 Å². The maximum atomic E-state index is 5.56. The number of ether oxygens (including phenoxy) is 3. The van der Waals surface area contributed by atoms with Gasteiger partial charge in [0.25, 0.3) is 0 Å². The number of aliphatic imine (C=N–C) groups is 1. The number of nitrogens with zero attached hydrogens (tertiary/aromatic N) is 1. The molecule has 1 aromatic rings. The highest BCUT2D eigenvalue weighted by Crippen LogP contribution is 2.25. The first-order valence-electron chi connectivity index (χ1n) is 9.21. The van der Waals surface area contributed by atoms with Crippen molar-refractivity contribution in [3.63, 3.8) is 0 Å². The zero-order valence-electron chi connectivity index (χ0n) is 16.6. The van der Waals surface area contributed by atoms with Crippen LogP contribution in [-0.4, -0.2) is 52.6 Å². The molecule has 0 saturated heterocycles. The average Bonchev–Trinajstić information content (AvgIpc) is 2.64. The number of rotatable bonds is 13. The normalized spacial score (nSPS) is 11.0. The molecule has 0 radical (unpaired) electrons. The number of methoxy groups -OCH3 is 1. The molecule has 0 aliphatic rings. The summed E-state index contributed by atoms with van der Waals surface area (Å²) in [5.41, 5.74) is 1.11. The van der Waals surface area contributed by atoms with Gasteiger partial charge >= 0.3 is 0 Å². The van der Waals surface area contributed by atoms with Gasteiger partial charge < -0.3 is 24.8 Å². The zero-order chi connectivity index (χ0) is 19.0. The fourth-order valence-corrected chi connectivity index (χ4v) is 2.72. The average molecular weight is 558 g/mol. The largest absolute Gasteiger partial charge is 0.496 e. The molecule has 0 amide bonds. The molecule has 0 heterocycles. The summed E-state index contributed by atoms with van der Waals surface area (Å²) in [5.74, 6) is 1.60. The summed E-state index contributed by atoms with van der Waals surface area (Å²) >= 11 is 3.50. The van der Waals surface area contributed by atoms with Crippen molar-refractivity contribution in [2.45, 2.75) is 33.2 Å². The Morgan fingerprint density at radius 3 is 2.44 bits per heavy atom. The van der Waals surface area contributed by atoms with Crippen molar-refractivity contribution in [3.8, 4) is 5.75 Å². The van der Waals surface area contributed by atoms with Crippen molar-refractivity contribution in [3.05, 3.63) is 28.2 Å². The van der Waals surface area contributed by atoms with Crippen LogP contribution >= 0.6 is 39.9 Å². The van der Waals surface area contributed by atoms with E-state index in [1.807, 2.05) is 25.1 Å². The van der Waals surface area contributed by atoms with E-state index in [4.69, 9.17) is 14.2 Å². The third-order valence-corrected chi connectivity index (χ3v) is 4.15. The number of hydrogen-bond donors (Lipinski definition) is 2. The predicted octanol–water partition coefficient (Wildman–Crippen LogP) is 3.96. The molecule has 0 aliphatic heterocycles. The lowest BCUT2D eigenvalue weighted by atomic mass is 10.2. The van der Waals surface area contributed by atoms with Crippen LogP contribution in [-0.2, 0) is 16.0 Å². The maximum Gasteiger partial charge on any atom is 0.191 e. The van der Waals surface area contributed by atoms with Crippen LogP contribution in [0, 0.1) is 0 Å². The lowest BCUT2D eigenvalue weighted by molar-refractivity contribution is 0.0487. The molecule has 0 aliphatic carbocycles. The van der Waals surface area contributed by atoms with Gasteiger partial charge in [0.15, 0.2) is 5.96 Å². The van der Waals surface area contributed by atoms with Crippen LogP contribution in [0.25, 0.3) is 0 Å². The predicted molar refractivity (Wildman–Crippen MR) is 125 cm³/mol. The van der Waals surface area contributed by atoms with E-state index < -0.39 is 0 Å². The van der Waals surface area contributed by atoms with Crippen molar-refractivity contribution >= 4 is 45.9 Å². The van der Waals surface area contributed by atoms with E-state index >= 15 is 0 Å². The van der Waals surface area contributed by atoms with Crippen LogP contribution < -0.4 is 15.4 Å². The Labute approximate surface area is 189 Å². The number of guanidine groups is 1. The standard InChI is InChI=1S/C19H32BrN3O3.HI/c1-4-6-10-25-12-13-26-11-9-22-19(21-5-2)23-15-16-7-8-18(24-3)17(20)14-16;/h7-8,14H,4-6,9-13,15H2,1-3H3,(H2,21,22,23);1H. The van der Waals surface area contributed by atoms with Crippen LogP contribution in [0.1, 0.15) is 32.3 Å². The van der Waals surface area contributed by atoms with Crippen LogP contribution in [0.5, 0.6) is 5.75 Å². The Kier molecular flexibility index (Phi) is 17.1. The van der Waals surface area contributed by atoms with E-state index in [0.717, 1.165) is 47.7 Å². The first-order chi connectivity index (χ1) is 12.7. The highest BCUT2D eigenvalue weighted by molar-refractivity contribution is 14.0. The minimum atomic E-state index is 0. The summed E-state index contributed by atoms with van der Waals surface area (Å²) in [4.78, 5) is 4.60. The smallest absolute Gasteiger partial charge is 0.191 e. The molecule has 6 nitrogen and oxygen atoms in total. The molecule has 0 bridgehead atoms. The van der Waals surface area contributed by atoms with Gasteiger partial charge in [0, 0.05) is 19.7 Å². The number of halogens is 2. The Morgan fingerprint density at radius 2 is 1.81 bits per heavy atom. The third kappa shape index (κ3) is 12.5. The second kappa shape index (κ2) is 17.5. The summed E-state index contributed by atoms with van der Waals surface area (Å²) in [7, 11) is 1.66. The fraction of sp³-hybridized carbons (Fsp3) is 0.632. The number of hydrogen-bond acceptors (Lipinski definition) is 4. The second-order valence-corrected chi connectivity index (χ2v) is 6.52. The van der Waals surface area contributed by atoms with Crippen molar-refractivity contribution in [2.75, 3.05) is 46.6 Å². The van der Waals surface area contributed by atoms with E-state index in [1.54, 1.807) is 7.11 Å². The molecule has 0 spiro atoms. The third-order valence-electron chi connectivity index (χ3n) is 3.53. The topological polar surface area (TPSA) is 64.1 Å². The van der Waals surface area contributed by atoms with Crippen LogP contribution in [0.15, 0.2) is 27.7 Å². The van der Waals surface area contributed by atoms with Crippen LogP contribution in [0.4, 0.5) is 0 Å². The number of nitrogens with one attached hydrogen (secondary N) is 2. The Hall–Kier alpha value is -0.580. The van der Waals surface area contributed by atoms with Gasteiger partial charge in [-0.1, -0.05) is 19.4 Å². The molecule has 8 heteroatoms. The summed E-state index contributed by atoms with van der Waals surface area (Å²) in [6.45, 7) is 9.01. The molecular weight excluding hydrogens is 525 g/mol. The molecule has 0 aromatic heterocycles. The summed E-state index contributed by atoms with van der Waals surface area (Å²) in [6, 6.07) is 5.97. The quantitative estimate of drug-likeness (QED) is 0.166. The highest BCUT2D eigenvalue weighted by Gasteiger charge is 2.02. The Morgan fingerprint density at radius 1 is 1.07 bits per heavy atom. The van der Waals surface area contributed by atoms with Crippen molar-refractivity contribution < 1.29 is 14.2 Å². The number of unbranched alkanes of at least 4 members (excludes halogenated alkanes) is 1. The molecule has 1 aromatic carbocycles. The van der Waals surface area contributed by atoms with E-state index in [9.17, 15) is 0 Å². The molecule has 2 N–H and O–H groups in total. The van der Waals surface area contributed by atoms with Gasteiger partial charge in [-0.25, -0.2) is 4.99 Å². The molecule has 0 fully saturated rings. The van der Waals surface area contributed by atoms with Crippen molar-refractivity contribution in [1.29, 1.82) is 0 Å². The lowest BCUT2D eigenvalue weighted by Gasteiger charge is -2.12. The van der Waals surface area contributed by atoms with E-state index in [1.165, 1.54) is 0 Å². The highest BCUT2D eigenvalue weighted by atomic mass is 127. The Bertz CT molecular complexity index is 533. The van der Waals surface area contributed by atoms with Crippen LogP contribution in [0.3, 0.4) is 0 Å². The molecule has 0 atom stereocenters. The van der Waals surface area contributed by atoms with Gasteiger partial charge in [-0.2, -0.15) is 0 Å². The molecule has 0 saturated carbocycles. The summed E-state index contributed by atoms with van der Waals surface area (Å²) in [5, 5.41) is 6.51. The van der Waals surface area contributed by atoms with Gasteiger partial charge in [-0.15, -0.1) is 24.0 Å². The van der Waals surface area contributed by atoms with Crippen molar-refractivity contribution in [1.82, 2.24) is 10.6 Å². The van der Waals surface area contributed by atoms with Crippen LogP contribution in [0.2, 0.25) is 0 Å². The van der Waals surface area contributed by atoms with Gasteiger partial charge in [-0.3, -0.25) is 0 Å². The number of benzene rings is 1. The van der Waals surface area contributed by atoms with Crippen molar-refractivity contribution in [2.24, 2.45) is 4.99 Å². The second-order valence-electron chi connectivity index (χ2n) is 5.67. The first kappa shape index (κ1) is 26.4. The monoisotopic (exact) mass is 557 g/mol. The fourth-order valence-electron chi connectivity index (χ4n) is 2.13. The molecular formula is C19H33BrIN3O3. The first-order valence-corrected chi connectivity index (χ1v) is 10.0. The minimum absolute atomic E-state index is 0. The molecule has 27 heavy (non-hydrogen) atoms. The zero-order valence-corrected chi connectivity index (χ0v) is 20.5. The molecule has 0 unspecified atom stereocenters. The van der Waals surface area contributed by atoms with Gasteiger partial charge in [0.2, 0.25) is 0 Å². The SMILES string of the molecule is CCCCOCCOCCNC(=NCc1ccc(OC)c(Br)c1)NCC.I. The maximum absolute atomic E-state index is 5.56. The molecule has 1 rings (SSSR count). The minimum Gasteiger partial charge on any atom is -0.496 e. The van der Waals surface area contributed by atoms with Gasteiger partial charge in [0.05, 0.1) is 37.9 Å². The van der Waals surface area contributed by atoms with Gasteiger partial charge in [-0.05, 0) is 47.0 Å².